The second-order valence-electron chi connectivity index (χ2n) is 4.88. The van der Waals surface area contributed by atoms with Crippen molar-refractivity contribution in [2.24, 2.45) is 0 Å². The average molecular weight is 282 g/mol. The Morgan fingerprint density at radius 1 is 1.10 bits per heavy atom. The van der Waals surface area contributed by atoms with Crippen LogP contribution in [0.4, 0.5) is 0 Å². The fourth-order valence-corrected chi connectivity index (χ4v) is 2.50. The number of nitrogens with zero attached hydrogens (tertiary/aromatic N) is 2. The third kappa shape index (κ3) is 2.62. The zero-order chi connectivity index (χ0) is 14.7. The SMILES string of the molecule is COc1ccc(-n2c(CCCO)nc3ccccc32)cc1. The Labute approximate surface area is 123 Å². The van der Waals surface area contributed by atoms with Crippen LogP contribution in [0.15, 0.2) is 48.5 Å². The van der Waals surface area contributed by atoms with E-state index in [2.05, 4.69) is 15.6 Å². The molecule has 0 unspecified atom stereocenters. The van der Waals surface area contributed by atoms with E-state index in [1.54, 1.807) is 7.11 Å². The van der Waals surface area contributed by atoms with Crippen molar-refractivity contribution in [1.82, 2.24) is 9.55 Å². The summed E-state index contributed by atoms with van der Waals surface area (Å²) >= 11 is 0. The van der Waals surface area contributed by atoms with E-state index in [9.17, 15) is 0 Å². The van der Waals surface area contributed by atoms with Crippen LogP contribution in [0.1, 0.15) is 12.2 Å². The summed E-state index contributed by atoms with van der Waals surface area (Å²) in [5, 5.41) is 9.08. The predicted octanol–water partition coefficient (Wildman–Crippen LogP) is 2.96. The van der Waals surface area contributed by atoms with Gasteiger partial charge in [0.25, 0.3) is 0 Å². The van der Waals surface area contributed by atoms with Crippen LogP contribution in [0.25, 0.3) is 16.7 Å². The lowest BCUT2D eigenvalue weighted by atomic mass is 10.2. The number of benzene rings is 2. The van der Waals surface area contributed by atoms with E-state index in [1.165, 1.54) is 0 Å². The van der Waals surface area contributed by atoms with Crippen LogP contribution in [-0.2, 0) is 6.42 Å². The molecule has 0 aliphatic heterocycles. The molecule has 108 valence electrons. The highest BCUT2D eigenvalue weighted by molar-refractivity contribution is 5.78. The molecule has 4 heteroatoms. The lowest BCUT2D eigenvalue weighted by Crippen LogP contribution is -2.02. The summed E-state index contributed by atoms with van der Waals surface area (Å²) in [7, 11) is 1.66. The van der Waals surface area contributed by atoms with Gasteiger partial charge in [0.15, 0.2) is 0 Å². The summed E-state index contributed by atoms with van der Waals surface area (Å²) in [6.45, 7) is 0.172. The first-order chi connectivity index (χ1) is 10.3. The van der Waals surface area contributed by atoms with Gasteiger partial charge in [-0.25, -0.2) is 4.98 Å². The Morgan fingerprint density at radius 2 is 1.86 bits per heavy atom. The van der Waals surface area contributed by atoms with Crippen molar-refractivity contribution in [1.29, 1.82) is 0 Å². The molecule has 3 aromatic rings. The lowest BCUT2D eigenvalue weighted by molar-refractivity contribution is 0.287. The van der Waals surface area contributed by atoms with E-state index in [0.717, 1.165) is 34.7 Å². The first-order valence-corrected chi connectivity index (χ1v) is 7.05. The van der Waals surface area contributed by atoms with Crippen LogP contribution in [0.5, 0.6) is 5.75 Å². The number of imidazole rings is 1. The Balaban J connectivity index is 2.12. The van der Waals surface area contributed by atoms with E-state index in [-0.39, 0.29) is 6.61 Å². The van der Waals surface area contributed by atoms with Crippen molar-refractivity contribution in [3.8, 4) is 11.4 Å². The van der Waals surface area contributed by atoms with Gasteiger partial charge in [-0.2, -0.15) is 0 Å². The zero-order valence-corrected chi connectivity index (χ0v) is 12.0. The van der Waals surface area contributed by atoms with Gasteiger partial charge in [-0.1, -0.05) is 12.1 Å². The van der Waals surface area contributed by atoms with Gasteiger partial charge in [0, 0.05) is 18.7 Å². The molecule has 4 nitrogen and oxygen atoms in total. The zero-order valence-electron chi connectivity index (χ0n) is 12.0. The molecule has 0 saturated heterocycles. The normalized spacial score (nSPS) is 11.0. The second kappa shape index (κ2) is 5.97. The Bertz CT molecular complexity index is 732. The van der Waals surface area contributed by atoms with Gasteiger partial charge < -0.3 is 9.84 Å². The Hall–Kier alpha value is -2.33. The molecule has 0 amide bonds. The molecule has 1 aromatic heterocycles. The van der Waals surface area contributed by atoms with Crippen molar-refractivity contribution in [2.75, 3.05) is 13.7 Å². The van der Waals surface area contributed by atoms with E-state index in [1.807, 2.05) is 42.5 Å². The minimum atomic E-state index is 0.172. The Kier molecular flexibility index (Phi) is 3.88. The molecule has 21 heavy (non-hydrogen) atoms. The molecular formula is C17H18N2O2. The maximum absolute atomic E-state index is 9.08. The third-order valence-electron chi connectivity index (χ3n) is 3.52. The molecule has 0 atom stereocenters. The van der Waals surface area contributed by atoms with Crippen molar-refractivity contribution in [3.05, 3.63) is 54.4 Å². The number of aliphatic hydroxyl groups excluding tert-OH is 1. The molecule has 0 fully saturated rings. The number of aliphatic hydroxyl groups is 1. The maximum Gasteiger partial charge on any atom is 0.119 e. The minimum absolute atomic E-state index is 0.172. The number of fused-ring (bicyclic) bond motifs is 1. The molecular weight excluding hydrogens is 264 g/mol. The van der Waals surface area contributed by atoms with Crippen LogP contribution >= 0.6 is 0 Å². The number of aryl methyl sites for hydroxylation is 1. The molecule has 0 radical (unpaired) electrons. The number of methoxy groups -OCH3 is 1. The molecule has 0 bridgehead atoms. The summed E-state index contributed by atoms with van der Waals surface area (Å²) in [6, 6.07) is 16.0. The van der Waals surface area contributed by atoms with Gasteiger partial charge >= 0.3 is 0 Å². The first kappa shape index (κ1) is 13.6. The number of aromatic nitrogens is 2. The quantitative estimate of drug-likeness (QED) is 0.782. The highest BCUT2D eigenvalue weighted by Gasteiger charge is 2.11. The first-order valence-electron chi connectivity index (χ1n) is 7.05. The summed E-state index contributed by atoms with van der Waals surface area (Å²) in [5.74, 6) is 1.80. The number of hydrogen-bond acceptors (Lipinski definition) is 3. The molecule has 1 N–H and O–H groups in total. The fourth-order valence-electron chi connectivity index (χ4n) is 2.50. The molecule has 0 aliphatic carbocycles. The van der Waals surface area contributed by atoms with Crippen LogP contribution in [0.2, 0.25) is 0 Å². The van der Waals surface area contributed by atoms with Gasteiger partial charge in [0.05, 0.1) is 18.1 Å². The smallest absolute Gasteiger partial charge is 0.119 e. The summed E-state index contributed by atoms with van der Waals surface area (Å²) in [5.41, 5.74) is 3.11. The molecule has 2 aromatic carbocycles. The minimum Gasteiger partial charge on any atom is -0.497 e. The fraction of sp³-hybridized carbons (Fsp3) is 0.235. The van der Waals surface area contributed by atoms with Crippen LogP contribution in [-0.4, -0.2) is 28.4 Å². The second-order valence-corrected chi connectivity index (χ2v) is 4.88. The van der Waals surface area contributed by atoms with Gasteiger partial charge in [-0.05, 0) is 42.8 Å². The van der Waals surface area contributed by atoms with E-state index in [4.69, 9.17) is 9.84 Å². The van der Waals surface area contributed by atoms with Crippen LogP contribution in [0.3, 0.4) is 0 Å². The molecule has 0 saturated carbocycles. The van der Waals surface area contributed by atoms with Gasteiger partial charge in [-0.3, -0.25) is 4.57 Å². The van der Waals surface area contributed by atoms with Gasteiger partial charge in [0.1, 0.15) is 11.6 Å². The molecule has 3 rings (SSSR count). The molecule has 1 heterocycles. The van der Waals surface area contributed by atoms with E-state index < -0.39 is 0 Å². The van der Waals surface area contributed by atoms with E-state index >= 15 is 0 Å². The standard InChI is InChI=1S/C17H18N2O2/c1-21-14-10-8-13(9-11-14)19-16-6-3-2-5-15(16)18-17(19)7-4-12-20/h2-3,5-6,8-11,20H,4,7,12H2,1H3. The third-order valence-corrected chi connectivity index (χ3v) is 3.52. The van der Waals surface area contributed by atoms with Crippen molar-refractivity contribution in [3.63, 3.8) is 0 Å². The van der Waals surface area contributed by atoms with Crippen molar-refractivity contribution in [2.45, 2.75) is 12.8 Å². The Morgan fingerprint density at radius 3 is 2.57 bits per heavy atom. The largest absolute Gasteiger partial charge is 0.497 e. The molecule has 0 spiro atoms. The summed E-state index contributed by atoms with van der Waals surface area (Å²) in [6.07, 6.45) is 1.46. The van der Waals surface area contributed by atoms with Crippen LogP contribution in [0, 0.1) is 0 Å². The topological polar surface area (TPSA) is 47.3 Å². The predicted molar refractivity (Wildman–Crippen MR) is 83.0 cm³/mol. The monoisotopic (exact) mass is 282 g/mol. The van der Waals surface area contributed by atoms with Crippen molar-refractivity contribution < 1.29 is 9.84 Å². The van der Waals surface area contributed by atoms with Crippen LogP contribution < -0.4 is 4.74 Å². The number of hydrogen-bond donors (Lipinski definition) is 1. The number of ether oxygens (including phenoxy) is 1. The lowest BCUT2D eigenvalue weighted by Gasteiger charge is -2.10. The van der Waals surface area contributed by atoms with Gasteiger partial charge in [0.2, 0.25) is 0 Å². The van der Waals surface area contributed by atoms with Crippen molar-refractivity contribution >= 4 is 11.0 Å². The maximum atomic E-state index is 9.08. The number of para-hydroxylation sites is 2. The number of rotatable bonds is 5. The summed E-state index contributed by atoms with van der Waals surface area (Å²) < 4.78 is 7.35. The average Bonchev–Trinajstić information content (AvgIpc) is 2.91. The highest BCUT2D eigenvalue weighted by atomic mass is 16.5. The van der Waals surface area contributed by atoms with E-state index in [0.29, 0.717) is 6.42 Å². The molecule has 0 aliphatic rings. The van der Waals surface area contributed by atoms with Gasteiger partial charge in [-0.15, -0.1) is 0 Å². The summed E-state index contributed by atoms with van der Waals surface area (Å²) in [4.78, 5) is 4.69. The highest BCUT2D eigenvalue weighted by Crippen LogP contribution is 2.23.